The Morgan fingerprint density at radius 3 is 3.00 bits per heavy atom. The van der Waals surface area contributed by atoms with Gasteiger partial charge in [0.2, 0.25) is 0 Å². The van der Waals surface area contributed by atoms with E-state index >= 15 is 0 Å². The van der Waals surface area contributed by atoms with E-state index in [2.05, 4.69) is 25.9 Å². The molecule has 0 fully saturated rings. The lowest BCUT2D eigenvalue weighted by molar-refractivity contribution is 0.621. The molecule has 1 aromatic carbocycles. The molecular formula is C12H8BrFN2S2. The van der Waals surface area contributed by atoms with Crippen molar-refractivity contribution in [2.75, 3.05) is 0 Å². The molecule has 1 aliphatic rings. The predicted octanol–water partition coefficient (Wildman–Crippen LogP) is 4.45. The van der Waals surface area contributed by atoms with Crippen molar-refractivity contribution in [1.29, 1.82) is 0 Å². The number of nitrogens with zero attached hydrogens (tertiary/aromatic N) is 1. The molecule has 0 atom stereocenters. The molecule has 2 aromatic rings. The van der Waals surface area contributed by atoms with E-state index in [-0.39, 0.29) is 5.82 Å². The molecule has 2 heterocycles. The molecule has 1 aliphatic heterocycles. The summed E-state index contributed by atoms with van der Waals surface area (Å²) in [5.41, 5.74) is 3.09. The smallest absolute Gasteiger partial charge is 0.139 e. The zero-order chi connectivity index (χ0) is 12.7. The zero-order valence-electron chi connectivity index (χ0n) is 9.17. The average molecular weight is 343 g/mol. The van der Waals surface area contributed by atoms with Gasteiger partial charge in [-0.25, -0.2) is 9.37 Å². The predicted molar refractivity (Wildman–Crippen MR) is 77.5 cm³/mol. The first-order chi connectivity index (χ1) is 8.65. The number of hydrogen-bond donors (Lipinski definition) is 1. The summed E-state index contributed by atoms with van der Waals surface area (Å²) in [6.07, 6.45) is 0. The maximum atomic E-state index is 13.2. The molecule has 0 saturated heterocycles. The Labute approximate surface area is 121 Å². The van der Waals surface area contributed by atoms with E-state index in [0.717, 1.165) is 28.3 Å². The van der Waals surface area contributed by atoms with Crippen LogP contribution in [0.3, 0.4) is 0 Å². The summed E-state index contributed by atoms with van der Waals surface area (Å²) >= 11 is 10.3. The van der Waals surface area contributed by atoms with E-state index < -0.39 is 0 Å². The molecule has 6 heteroatoms. The number of hydrogen-bond acceptors (Lipinski definition) is 3. The van der Waals surface area contributed by atoms with Gasteiger partial charge in [-0.05, 0) is 34.1 Å². The van der Waals surface area contributed by atoms with E-state index in [1.807, 2.05) is 11.8 Å². The number of thioether (sulfide) groups is 1. The molecule has 0 amide bonds. The van der Waals surface area contributed by atoms with Gasteiger partial charge in [-0.2, -0.15) is 11.8 Å². The Bertz CT molecular complexity index is 684. The van der Waals surface area contributed by atoms with Crippen LogP contribution in [0.1, 0.15) is 11.3 Å². The third-order valence-corrected chi connectivity index (χ3v) is 4.72. The molecule has 0 spiro atoms. The number of benzene rings is 1. The number of fused-ring (bicyclic) bond motifs is 1. The Morgan fingerprint density at radius 2 is 2.22 bits per heavy atom. The average Bonchev–Trinajstić information content (AvgIpc) is 2.81. The normalized spacial score (nSPS) is 13.7. The molecule has 0 aliphatic carbocycles. The lowest BCUT2D eigenvalue weighted by Crippen LogP contribution is -1.97. The van der Waals surface area contributed by atoms with E-state index in [1.165, 1.54) is 6.07 Å². The number of H-pyrrole nitrogens is 1. The summed E-state index contributed by atoms with van der Waals surface area (Å²) in [5, 5.41) is 0. The highest BCUT2D eigenvalue weighted by molar-refractivity contribution is 9.10. The molecule has 0 unspecified atom stereocenters. The highest BCUT2D eigenvalue weighted by Crippen LogP contribution is 2.31. The van der Waals surface area contributed by atoms with Gasteiger partial charge in [0.05, 0.1) is 4.47 Å². The molecule has 3 rings (SSSR count). The van der Waals surface area contributed by atoms with Crippen LogP contribution >= 0.6 is 39.9 Å². The van der Waals surface area contributed by atoms with Gasteiger partial charge in [0, 0.05) is 28.3 Å². The molecule has 0 saturated carbocycles. The Hall–Kier alpha value is -0.720. The van der Waals surface area contributed by atoms with Crippen molar-refractivity contribution in [2.24, 2.45) is 0 Å². The molecule has 18 heavy (non-hydrogen) atoms. The number of nitrogens with one attached hydrogen (secondary N) is 1. The summed E-state index contributed by atoms with van der Waals surface area (Å²) in [4.78, 5) is 7.68. The largest absolute Gasteiger partial charge is 0.342 e. The third-order valence-electron chi connectivity index (χ3n) is 2.79. The zero-order valence-corrected chi connectivity index (χ0v) is 12.4. The molecule has 0 bridgehead atoms. The van der Waals surface area contributed by atoms with Crippen molar-refractivity contribution in [3.8, 4) is 11.4 Å². The molecule has 2 nitrogen and oxygen atoms in total. The number of halogens is 2. The van der Waals surface area contributed by atoms with Gasteiger partial charge < -0.3 is 4.98 Å². The lowest BCUT2D eigenvalue weighted by atomic mass is 10.2. The minimum absolute atomic E-state index is 0.283. The van der Waals surface area contributed by atoms with Crippen LogP contribution in [0.5, 0.6) is 0 Å². The van der Waals surface area contributed by atoms with Gasteiger partial charge >= 0.3 is 0 Å². The fourth-order valence-corrected chi connectivity index (χ4v) is 3.68. The second kappa shape index (κ2) is 4.75. The van der Waals surface area contributed by atoms with Gasteiger partial charge in [0.25, 0.3) is 0 Å². The van der Waals surface area contributed by atoms with Crippen LogP contribution in [0.4, 0.5) is 4.39 Å². The van der Waals surface area contributed by atoms with Gasteiger partial charge in [0.1, 0.15) is 16.3 Å². The first-order valence-corrected chi connectivity index (χ1v) is 7.66. The Kier molecular flexibility index (Phi) is 3.25. The van der Waals surface area contributed by atoms with Crippen molar-refractivity contribution in [1.82, 2.24) is 9.97 Å². The second-order valence-corrected chi connectivity index (χ2v) is 6.20. The number of rotatable bonds is 1. The topological polar surface area (TPSA) is 28.7 Å². The van der Waals surface area contributed by atoms with Crippen LogP contribution in [0.15, 0.2) is 22.7 Å². The quantitative estimate of drug-likeness (QED) is 0.776. The maximum Gasteiger partial charge on any atom is 0.139 e. The standard InChI is InChI=1S/C12H8BrFN2S2/c13-8-3-6(1-2-9(8)14)11-15-10-5-18-4-7(10)12(17)16-11/h1-3H,4-5H2,(H,15,16,17). The van der Waals surface area contributed by atoms with E-state index in [9.17, 15) is 4.39 Å². The second-order valence-electron chi connectivity index (χ2n) is 3.97. The van der Waals surface area contributed by atoms with Crippen molar-refractivity contribution < 1.29 is 4.39 Å². The van der Waals surface area contributed by atoms with Crippen LogP contribution in [0.2, 0.25) is 0 Å². The Morgan fingerprint density at radius 1 is 1.39 bits per heavy atom. The van der Waals surface area contributed by atoms with E-state index in [4.69, 9.17) is 12.2 Å². The molecule has 1 N–H and O–H groups in total. The van der Waals surface area contributed by atoms with Gasteiger partial charge in [0.15, 0.2) is 0 Å². The van der Waals surface area contributed by atoms with Crippen LogP contribution in [-0.2, 0) is 11.5 Å². The summed E-state index contributed by atoms with van der Waals surface area (Å²) < 4.78 is 14.3. The SMILES string of the molecule is Fc1ccc(-c2nc(=S)c3c([nH]2)CSC3)cc1Br. The van der Waals surface area contributed by atoms with Crippen molar-refractivity contribution in [3.05, 3.63) is 44.4 Å². The van der Waals surface area contributed by atoms with Crippen LogP contribution in [0, 0.1) is 10.5 Å². The van der Waals surface area contributed by atoms with Crippen molar-refractivity contribution >= 4 is 39.9 Å². The third kappa shape index (κ3) is 2.13. The van der Waals surface area contributed by atoms with E-state index in [1.54, 1.807) is 12.1 Å². The first-order valence-electron chi connectivity index (χ1n) is 5.30. The summed E-state index contributed by atoms with van der Waals surface area (Å²) in [7, 11) is 0. The van der Waals surface area contributed by atoms with E-state index in [0.29, 0.717) is 14.9 Å². The van der Waals surface area contributed by atoms with Gasteiger partial charge in [-0.3, -0.25) is 0 Å². The fourth-order valence-electron chi connectivity index (χ4n) is 1.85. The highest BCUT2D eigenvalue weighted by atomic mass is 79.9. The monoisotopic (exact) mass is 342 g/mol. The first kappa shape index (κ1) is 12.3. The minimum Gasteiger partial charge on any atom is -0.342 e. The van der Waals surface area contributed by atoms with Gasteiger partial charge in [-0.15, -0.1) is 0 Å². The van der Waals surface area contributed by atoms with Crippen LogP contribution in [0.25, 0.3) is 11.4 Å². The Balaban J connectivity index is 2.15. The fraction of sp³-hybridized carbons (Fsp3) is 0.167. The number of aromatic amines is 1. The minimum atomic E-state index is -0.283. The summed E-state index contributed by atoms with van der Waals surface area (Å²) in [5.74, 6) is 2.26. The lowest BCUT2D eigenvalue weighted by Gasteiger charge is -2.06. The molecule has 0 radical (unpaired) electrons. The summed E-state index contributed by atoms with van der Waals surface area (Å²) in [6, 6.07) is 4.82. The van der Waals surface area contributed by atoms with Crippen molar-refractivity contribution in [2.45, 2.75) is 11.5 Å². The maximum absolute atomic E-state index is 13.2. The molecular weight excluding hydrogens is 335 g/mol. The van der Waals surface area contributed by atoms with Crippen molar-refractivity contribution in [3.63, 3.8) is 0 Å². The molecule has 92 valence electrons. The van der Waals surface area contributed by atoms with Crippen LogP contribution < -0.4 is 0 Å². The van der Waals surface area contributed by atoms with Gasteiger partial charge in [-0.1, -0.05) is 12.2 Å². The molecule has 1 aromatic heterocycles. The number of aromatic nitrogens is 2. The van der Waals surface area contributed by atoms with Crippen LogP contribution in [-0.4, -0.2) is 9.97 Å². The highest BCUT2D eigenvalue weighted by Gasteiger charge is 2.16. The summed E-state index contributed by atoms with van der Waals surface area (Å²) in [6.45, 7) is 0.